The first kappa shape index (κ1) is 11.3. The minimum absolute atomic E-state index is 0.105. The second-order valence-corrected chi connectivity index (χ2v) is 4.19. The van der Waals surface area contributed by atoms with Crippen molar-refractivity contribution in [3.63, 3.8) is 0 Å². The van der Waals surface area contributed by atoms with Crippen molar-refractivity contribution in [3.8, 4) is 6.07 Å². The Morgan fingerprint density at radius 3 is 2.44 bits per heavy atom. The molecule has 0 bridgehead atoms. The monoisotopic (exact) mass is 249 g/mol. The van der Waals surface area contributed by atoms with Crippen molar-refractivity contribution in [2.45, 2.75) is 24.4 Å². The Hall–Kier alpha value is -1.22. The zero-order valence-electron chi connectivity index (χ0n) is 8.27. The quantitative estimate of drug-likeness (QED) is 0.768. The summed E-state index contributed by atoms with van der Waals surface area (Å²) in [6.45, 7) is 0. The number of rotatable bonds is 1. The molecule has 0 unspecified atom stereocenters. The SMILES string of the molecule is Cn1nc(C(F)(F)F)c(C2(C#N)CC2)c1Cl. The van der Waals surface area contributed by atoms with Gasteiger partial charge in [0.1, 0.15) is 5.15 Å². The van der Waals surface area contributed by atoms with Gasteiger partial charge in [0.05, 0.1) is 11.5 Å². The van der Waals surface area contributed by atoms with Crippen molar-refractivity contribution in [1.82, 2.24) is 9.78 Å². The van der Waals surface area contributed by atoms with Crippen molar-refractivity contribution in [3.05, 3.63) is 16.4 Å². The van der Waals surface area contributed by atoms with Crippen molar-refractivity contribution in [2.24, 2.45) is 7.05 Å². The zero-order chi connectivity index (χ0) is 12.1. The third kappa shape index (κ3) is 1.47. The molecular formula is C9H7ClF3N3. The highest BCUT2D eigenvalue weighted by Gasteiger charge is 2.53. The van der Waals surface area contributed by atoms with E-state index in [-0.39, 0.29) is 10.7 Å². The third-order valence-electron chi connectivity index (χ3n) is 2.69. The van der Waals surface area contributed by atoms with Crippen LogP contribution in [0.25, 0.3) is 0 Å². The molecule has 0 radical (unpaired) electrons. The number of hydrogen-bond donors (Lipinski definition) is 0. The van der Waals surface area contributed by atoms with Crippen LogP contribution in [0, 0.1) is 11.3 Å². The molecule has 7 heteroatoms. The lowest BCUT2D eigenvalue weighted by Crippen LogP contribution is -2.14. The topological polar surface area (TPSA) is 41.6 Å². The Balaban J connectivity index is 2.65. The number of alkyl halides is 3. The summed E-state index contributed by atoms with van der Waals surface area (Å²) in [4.78, 5) is 0. The van der Waals surface area contributed by atoms with Gasteiger partial charge in [0.25, 0.3) is 0 Å². The van der Waals surface area contributed by atoms with Gasteiger partial charge in [-0.15, -0.1) is 0 Å². The van der Waals surface area contributed by atoms with E-state index in [0.717, 1.165) is 4.68 Å². The van der Waals surface area contributed by atoms with Crippen LogP contribution < -0.4 is 0 Å². The Kier molecular flexibility index (Phi) is 2.21. The summed E-state index contributed by atoms with van der Waals surface area (Å²) < 4.78 is 39.0. The fraction of sp³-hybridized carbons (Fsp3) is 0.556. The van der Waals surface area contributed by atoms with Gasteiger partial charge in [0, 0.05) is 12.6 Å². The Morgan fingerprint density at radius 1 is 1.50 bits per heavy atom. The molecule has 1 aliphatic carbocycles. The molecule has 1 aromatic rings. The second kappa shape index (κ2) is 3.14. The normalized spacial score (nSPS) is 18.2. The molecule has 1 heterocycles. The highest BCUT2D eigenvalue weighted by molar-refractivity contribution is 6.30. The van der Waals surface area contributed by atoms with Crippen molar-refractivity contribution >= 4 is 11.6 Å². The van der Waals surface area contributed by atoms with E-state index in [1.165, 1.54) is 7.05 Å². The van der Waals surface area contributed by atoms with E-state index >= 15 is 0 Å². The summed E-state index contributed by atoms with van der Waals surface area (Å²) in [5, 5.41) is 12.2. The summed E-state index contributed by atoms with van der Waals surface area (Å²) in [5.74, 6) is 0. The van der Waals surface area contributed by atoms with Gasteiger partial charge < -0.3 is 0 Å². The van der Waals surface area contributed by atoms with Gasteiger partial charge in [-0.3, -0.25) is 4.68 Å². The molecule has 0 spiro atoms. The second-order valence-electron chi connectivity index (χ2n) is 3.83. The van der Waals surface area contributed by atoms with E-state index in [0.29, 0.717) is 12.8 Å². The van der Waals surface area contributed by atoms with Gasteiger partial charge in [-0.05, 0) is 12.8 Å². The smallest absolute Gasteiger partial charge is 0.256 e. The van der Waals surface area contributed by atoms with Crippen LogP contribution in [-0.2, 0) is 18.6 Å². The number of aromatic nitrogens is 2. The summed E-state index contributed by atoms with van der Waals surface area (Å²) in [6, 6.07) is 1.90. The van der Waals surface area contributed by atoms with Crippen LogP contribution >= 0.6 is 11.6 Å². The first-order valence-electron chi connectivity index (χ1n) is 4.53. The zero-order valence-corrected chi connectivity index (χ0v) is 9.02. The van der Waals surface area contributed by atoms with Crippen LogP contribution in [0.15, 0.2) is 0 Å². The minimum atomic E-state index is -4.58. The summed E-state index contributed by atoms with van der Waals surface area (Å²) in [7, 11) is 1.33. The van der Waals surface area contributed by atoms with E-state index in [4.69, 9.17) is 16.9 Å². The standard InChI is InChI=1S/C9H7ClF3N3/c1-16-7(10)5(8(4-14)2-3-8)6(15-16)9(11,12)13/h2-3H2,1H3. The maximum atomic E-state index is 12.7. The Morgan fingerprint density at radius 2 is 2.06 bits per heavy atom. The maximum absolute atomic E-state index is 12.7. The van der Waals surface area contributed by atoms with Crippen molar-refractivity contribution in [2.75, 3.05) is 0 Å². The molecule has 1 saturated carbocycles. The summed E-state index contributed by atoms with van der Waals surface area (Å²) >= 11 is 5.77. The van der Waals surface area contributed by atoms with Gasteiger partial charge >= 0.3 is 6.18 Å². The van der Waals surface area contributed by atoms with Crippen molar-refractivity contribution in [1.29, 1.82) is 5.26 Å². The van der Waals surface area contributed by atoms with Gasteiger partial charge in [-0.25, -0.2) is 0 Å². The van der Waals surface area contributed by atoms with Gasteiger partial charge in [-0.2, -0.15) is 23.5 Å². The molecule has 0 aliphatic heterocycles. The predicted octanol–water partition coefficient (Wildman–Crippen LogP) is 2.65. The molecule has 16 heavy (non-hydrogen) atoms. The molecule has 0 aromatic carbocycles. The van der Waals surface area contributed by atoms with Crippen LogP contribution in [-0.4, -0.2) is 9.78 Å². The largest absolute Gasteiger partial charge is 0.435 e. The molecule has 1 aromatic heterocycles. The highest BCUT2D eigenvalue weighted by atomic mass is 35.5. The number of halogens is 4. The molecule has 0 saturated heterocycles. The molecule has 1 aliphatic rings. The molecule has 1 fully saturated rings. The van der Waals surface area contributed by atoms with Crippen LogP contribution in [0.3, 0.4) is 0 Å². The molecule has 0 amide bonds. The molecule has 0 N–H and O–H groups in total. The molecule has 3 nitrogen and oxygen atoms in total. The summed E-state index contributed by atoms with van der Waals surface area (Å²) in [5.41, 5.74) is -2.30. The maximum Gasteiger partial charge on any atom is 0.435 e. The van der Waals surface area contributed by atoms with E-state index in [2.05, 4.69) is 5.10 Å². The van der Waals surface area contributed by atoms with E-state index < -0.39 is 17.3 Å². The fourth-order valence-corrected chi connectivity index (χ4v) is 1.98. The molecule has 0 atom stereocenters. The Labute approximate surface area is 94.4 Å². The lowest BCUT2D eigenvalue weighted by atomic mass is 9.98. The van der Waals surface area contributed by atoms with E-state index in [1.54, 1.807) is 0 Å². The van der Waals surface area contributed by atoms with E-state index in [1.807, 2.05) is 6.07 Å². The number of hydrogen-bond acceptors (Lipinski definition) is 2. The Bertz CT molecular complexity index is 479. The first-order chi connectivity index (χ1) is 7.32. The minimum Gasteiger partial charge on any atom is -0.256 e. The average molecular weight is 250 g/mol. The summed E-state index contributed by atoms with van der Waals surface area (Å²) in [6.07, 6.45) is -3.78. The molecule has 86 valence electrons. The number of aryl methyl sites for hydroxylation is 1. The van der Waals surface area contributed by atoms with Crippen LogP contribution in [0.5, 0.6) is 0 Å². The van der Waals surface area contributed by atoms with E-state index in [9.17, 15) is 13.2 Å². The third-order valence-corrected chi connectivity index (χ3v) is 3.12. The van der Waals surface area contributed by atoms with Crippen molar-refractivity contribution < 1.29 is 13.2 Å². The van der Waals surface area contributed by atoms with Crippen LogP contribution in [0.4, 0.5) is 13.2 Å². The lowest BCUT2D eigenvalue weighted by Gasteiger charge is -2.09. The van der Waals surface area contributed by atoms with Crippen LogP contribution in [0.2, 0.25) is 5.15 Å². The van der Waals surface area contributed by atoms with Gasteiger partial charge in [-0.1, -0.05) is 11.6 Å². The predicted molar refractivity (Wildman–Crippen MR) is 49.7 cm³/mol. The highest BCUT2D eigenvalue weighted by Crippen LogP contribution is 2.53. The average Bonchev–Trinajstić information content (AvgIpc) is 2.90. The number of nitriles is 1. The lowest BCUT2D eigenvalue weighted by molar-refractivity contribution is -0.142. The molecular weight excluding hydrogens is 243 g/mol. The fourth-order valence-electron chi connectivity index (χ4n) is 1.67. The number of nitrogens with zero attached hydrogens (tertiary/aromatic N) is 3. The van der Waals surface area contributed by atoms with Gasteiger partial charge in [0.15, 0.2) is 5.69 Å². The molecule has 2 rings (SSSR count). The first-order valence-corrected chi connectivity index (χ1v) is 4.91. The van der Waals surface area contributed by atoms with Gasteiger partial charge in [0.2, 0.25) is 0 Å². The van der Waals surface area contributed by atoms with Crippen LogP contribution in [0.1, 0.15) is 24.1 Å².